The van der Waals surface area contributed by atoms with Crippen molar-refractivity contribution in [3.8, 4) is 11.1 Å². The van der Waals surface area contributed by atoms with E-state index in [-0.39, 0.29) is 18.2 Å². The third kappa shape index (κ3) is 4.30. The maximum absolute atomic E-state index is 13.2. The van der Waals surface area contributed by atoms with Crippen LogP contribution in [0.25, 0.3) is 32.7 Å². The summed E-state index contributed by atoms with van der Waals surface area (Å²) in [7, 11) is 0. The summed E-state index contributed by atoms with van der Waals surface area (Å²) in [6.45, 7) is 5.01. The molecular weight excluding hydrogens is 456 g/mol. The molecule has 5 aromatic rings. The van der Waals surface area contributed by atoms with Gasteiger partial charge in [-0.1, -0.05) is 84.4 Å². The summed E-state index contributed by atoms with van der Waals surface area (Å²) >= 11 is 0. The average molecular weight is 485 g/mol. The normalized spacial score (nSPS) is 13.1. The van der Waals surface area contributed by atoms with Gasteiger partial charge in [0.05, 0.1) is 12.2 Å². The second-order valence-electron chi connectivity index (χ2n) is 9.94. The number of carbonyl (C=O) groups excluding carboxylic acids is 2. The summed E-state index contributed by atoms with van der Waals surface area (Å²) in [4.78, 5) is 27.6. The van der Waals surface area contributed by atoms with Gasteiger partial charge in [-0.15, -0.1) is 0 Å². The van der Waals surface area contributed by atoms with Gasteiger partial charge in [0.25, 0.3) is 0 Å². The van der Waals surface area contributed by atoms with Crippen LogP contribution in [0, 0.1) is 6.92 Å². The molecule has 1 amide bonds. The number of nitrogens with zero attached hydrogens (tertiary/aromatic N) is 1. The van der Waals surface area contributed by atoms with Crippen LogP contribution in [-0.2, 0) is 17.9 Å². The predicted octanol–water partition coefficient (Wildman–Crippen LogP) is 7.13. The second kappa shape index (κ2) is 9.30. The van der Waals surface area contributed by atoms with Gasteiger partial charge in [0.15, 0.2) is 5.78 Å². The lowest BCUT2D eigenvalue weighted by atomic mass is 9.88. The van der Waals surface area contributed by atoms with Crippen molar-refractivity contribution in [3.63, 3.8) is 0 Å². The molecule has 4 nitrogen and oxygen atoms in total. The summed E-state index contributed by atoms with van der Waals surface area (Å²) in [6, 6.07) is 31.4. The third-order valence-corrected chi connectivity index (χ3v) is 7.26. The van der Waals surface area contributed by atoms with Gasteiger partial charge in [0.1, 0.15) is 0 Å². The van der Waals surface area contributed by atoms with E-state index in [1.54, 1.807) is 0 Å². The van der Waals surface area contributed by atoms with Gasteiger partial charge in [-0.3, -0.25) is 14.5 Å². The fourth-order valence-corrected chi connectivity index (χ4v) is 5.59. The molecule has 0 aliphatic carbocycles. The SMILES string of the molecule is CC(=O)c1cc(C)ccc1NC(=O)CN1Cc2ccc3ccccc3c2-c2c(ccc3ccccc23)C1. The molecule has 6 rings (SSSR count). The molecule has 0 saturated carbocycles. The number of hydrogen-bond donors (Lipinski definition) is 1. The number of Topliss-reactive ketones (excluding diaryl/α,β-unsaturated/α-hetero) is 1. The van der Waals surface area contributed by atoms with Gasteiger partial charge < -0.3 is 5.32 Å². The largest absolute Gasteiger partial charge is 0.324 e. The molecule has 1 aliphatic heterocycles. The average Bonchev–Trinajstić information content (AvgIpc) is 3.06. The van der Waals surface area contributed by atoms with E-state index < -0.39 is 0 Å². The predicted molar refractivity (Wildman–Crippen MR) is 151 cm³/mol. The van der Waals surface area contributed by atoms with E-state index in [2.05, 4.69) is 83.0 Å². The summed E-state index contributed by atoms with van der Waals surface area (Å²) in [6.07, 6.45) is 0. The number of ketones is 1. The maximum Gasteiger partial charge on any atom is 0.238 e. The van der Waals surface area contributed by atoms with Crippen molar-refractivity contribution in [1.29, 1.82) is 0 Å². The van der Waals surface area contributed by atoms with Gasteiger partial charge in [0, 0.05) is 18.7 Å². The van der Waals surface area contributed by atoms with Crippen LogP contribution in [0.3, 0.4) is 0 Å². The third-order valence-electron chi connectivity index (χ3n) is 7.26. The molecule has 0 aromatic heterocycles. The lowest BCUT2D eigenvalue weighted by Gasteiger charge is -2.21. The summed E-state index contributed by atoms with van der Waals surface area (Å²) in [5.41, 5.74) is 7.02. The zero-order chi connectivity index (χ0) is 25.5. The van der Waals surface area contributed by atoms with Crippen LogP contribution >= 0.6 is 0 Å². The Kier molecular flexibility index (Phi) is 5.82. The smallest absolute Gasteiger partial charge is 0.238 e. The number of anilines is 1. The van der Waals surface area contributed by atoms with Gasteiger partial charge in [-0.05, 0) is 69.8 Å². The number of benzene rings is 5. The van der Waals surface area contributed by atoms with E-state index in [1.807, 2.05) is 25.1 Å². The molecular formula is C33H28N2O2. The number of rotatable bonds is 4. The molecule has 0 bridgehead atoms. The Labute approximate surface area is 216 Å². The fourth-order valence-electron chi connectivity index (χ4n) is 5.59. The minimum atomic E-state index is -0.127. The molecule has 0 atom stereocenters. The monoisotopic (exact) mass is 484 g/mol. The zero-order valence-corrected chi connectivity index (χ0v) is 21.0. The first kappa shape index (κ1) is 23.1. The highest BCUT2D eigenvalue weighted by molar-refractivity contribution is 6.08. The lowest BCUT2D eigenvalue weighted by Crippen LogP contribution is -2.32. The van der Waals surface area contributed by atoms with Crippen molar-refractivity contribution in [1.82, 2.24) is 4.90 Å². The standard InChI is InChI=1S/C33H28N2O2/c1-21-11-16-30(29(17-21)22(2)36)34-31(37)20-35-18-25-14-12-23-7-3-5-9-27(23)32(25)33-26(19-35)15-13-24-8-4-6-10-28(24)33/h3-17H,18-20H2,1-2H3,(H,34,37). The molecule has 0 fully saturated rings. The molecule has 5 aromatic carbocycles. The Morgan fingerprint density at radius 2 is 1.32 bits per heavy atom. The molecule has 182 valence electrons. The van der Waals surface area contributed by atoms with Crippen molar-refractivity contribution in [3.05, 3.63) is 113 Å². The molecule has 0 radical (unpaired) electrons. The summed E-state index contributed by atoms with van der Waals surface area (Å²) in [5.74, 6) is -0.187. The van der Waals surface area contributed by atoms with E-state index in [4.69, 9.17) is 0 Å². The zero-order valence-electron chi connectivity index (χ0n) is 21.0. The number of amides is 1. The molecule has 1 N–H and O–H groups in total. The van der Waals surface area contributed by atoms with Crippen LogP contribution in [0.1, 0.15) is 34.0 Å². The Morgan fingerprint density at radius 3 is 1.89 bits per heavy atom. The number of carbonyl (C=O) groups is 2. The van der Waals surface area contributed by atoms with Crippen LogP contribution in [-0.4, -0.2) is 23.1 Å². The minimum absolute atomic E-state index is 0.0598. The van der Waals surface area contributed by atoms with E-state index >= 15 is 0 Å². The van der Waals surface area contributed by atoms with E-state index in [0.717, 1.165) is 5.56 Å². The number of hydrogen-bond acceptors (Lipinski definition) is 3. The highest BCUT2D eigenvalue weighted by atomic mass is 16.2. The van der Waals surface area contributed by atoms with E-state index in [9.17, 15) is 9.59 Å². The van der Waals surface area contributed by atoms with Crippen molar-refractivity contribution < 1.29 is 9.59 Å². The van der Waals surface area contributed by atoms with Crippen molar-refractivity contribution in [2.75, 3.05) is 11.9 Å². The molecule has 0 saturated heterocycles. The van der Waals surface area contributed by atoms with Crippen molar-refractivity contribution in [2.45, 2.75) is 26.9 Å². The Balaban J connectivity index is 1.41. The van der Waals surface area contributed by atoms with Crippen LogP contribution in [0.5, 0.6) is 0 Å². The molecule has 4 heteroatoms. The lowest BCUT2D eigenvalue weighted by molar-refractivity contribution is -0.117. The second-order valence-corrected chi connectivity index (χ2v) is 9.94. The van der Waals surface area contributed by atoms with Crippen molar-refractivity contribution >= 4 is 38.9 Å². The molecule has 37 heavy (non-hydrogen) atoms. The molecule has 0 spiro atoms. The van der Waals surface area contributed by atoms with E-state index in [0.29, 0.717) is 24.3 Å². The maximum atomic E-state index is 13.2. The summed E-state index contributed by atoms with van der Waals surface area (Å²) in [5, 5.41) is 7.88. The highest BCUT2D eigenvalue weighted by Crippen LogP contribution is 2.42. The number of fused-ring (bicyclic) bond motifs is 7. The van der Waals surface area contributed by atoms with Crippen LogP contribution < -0.4 is 5.32 Å². The quantitative estimate of drug-likeness (QED) is 0.276. The first-order valence-corrected chi connectivity index (χ1v) is 12.6. The Morgan fingerprint density at radius 1 is 0.757 bits per heavy atom. The molecule has 0 unspecified atom stereocenters. The first-order chi connectivity index (χ1) is 18.0. The van der Waals surface area contributed by atoms with Gasteiger partial charge >= 0.3 is 0 Å². The van der Waals surface area contributed by atoms with Crippen molar-refractivity contribution in [2.24, 2.45) is 0 Å². The van der Waals surface area contributed by atoms with Crippen LogP contribution in [0.15, 0.2) is 91.0 Å². The van der Waals surface area contributed by atoms with Crippen LogP contribution in [0.4, 0.5) is 5.69 Å². The Hall–Kier alpha value is -4.28. The minimum Gasteiger partial charge on any atom is -0.324 e. The first-order valence-electron chi connectivity index (χ1n) is 12.6. The summed E-state index contributed by atoms with van der Waals surface area (Å²) < 4.78 is 0. The van der Waals surface area contributed by atoms with Gasteiger partial charge in [-0.2, -0.15) is 0 Å². The number of aryl methyl sites for hydroxylation is 1. The number of nitrogens with one attached hydrogen (secondary N) is 1. The molecule has 1 aliphatic rings. The van der Waals surface area contributed by atoms with E-state index in [1.165, 1.54) is 50.7 Å². The molecule has 1 heterocycles. The van der Waals surface area contributed by atoms with Gasteiger partial charge in [-0.25, -0.2) is 0 Å². The van der Waals surface area contributed by atoms with Gasteiger partial charge in [0.2, 0.25) is 5.91 Å². The topological polar surface area (TPSA) is 49.4 Å². The highest BCUT2D eigenvalue weighted by Gasteiger charge is 2.24. The fraction of sp³-hybridized carbons (Fsp3) is 0.152. The Bertz CT molecular complexity index is 1620. The van der Waals surface area contributed by atoms with Crippen LogP contribution in [0.2, 0.25) is 0 Å².